The summed E-state index contributed by atoms with van der Waals surface area (Å²) in [6, 6.07) is 12.5. The van der Waals surface area contributed by atoms with Gasteiger partial charge in [-0.3, -0.25) is 9.89 Å². The third kappa shape index (κ3) is 7.18. The molecule has 1 aliphatic rings. The number of guanidine groups is 1. The van der Waals surface area contributed by atoms with E-state index in [4.69, 9.17) is 16.3 Å². The number of aromatic nitrogens is 1. The second kappa shape index (κ2) is 11.8. The van der Waals surface area contributed by atoms with Crippen LogP contribution in [0.5, 0.6) is 5.88 Å². The number of rotatable bonds is 8. The first kappa shape index (κ1) is 22.4. The molecule has 2 aromatic rings. The first-order chi connectivity index (χ1) is 14.7. The van der Waals surface area contributed by atoms with Gasteiger partial charge < -0.3 is 15.4 Å². The van der Waals surface area contributed by atoms with Crippen molar-refractivity contribution in [3.05, 3.63) is 58.7 Å². The fraction of sp³-hybridized carbons (Fsp3) is 0.478. The van der Waals surface area contributed by atoms with Gasteiger partial charge in [-0.25, -0.2) is 4.98 Å². The van der Waals surface area contributed by atoms with Crippen LogP contribution < -0.4 is 15.4 Å². The van der Waals surface area contributed by atoms with Crippen LogP contribution in [-0.4, -0.2) is 48.6 Å². The molecular formula is C23H32ClN5O. The van der Waals surface area contributed by atoms with Gasteiger partial charge in [-0.05, 0) is 42.5 Å². The maximum atomic E-state index is 5.98. The van der Waals surface area contributed by atoms with Crippen molar-refractivity contribution >= 4 is 17.6 Å². The zero-order valence-electron chi connectivity index (χ0n) is 17.9. The van der Waals surface area contributed by atoms with Crippen molar-refractivity contribution in [1.29, 1.82) is 0 Å². The number of hydrogen-bond donors (Lipinski definition) is 2. The second-order valence-corrected chi connectivity index (χ2v) is 8.04. The number of ether oxygens (including phenoxy) is 1. The minimum absolute atomic E-state index is 0.431. The van der Waals surface area contributed by atoms with E-state index in [-0.39, 0.29) is 0 Å². The first-order valence-corrected chi connectivity index (χ1v) is 11.1. The molecule has 0 atom stereocenters. The minimum atomic E-state index is 0.431. The molecule has 0 amide bonds. The lowest BCUT2D eigenvalue weighted by Gasteiger charge is -2.33. The average molecular weight is 430 g/mol. The van der Waals surface area contributed by atoms with Crippen LogP contribution in [-0.2, 0) is 13.1 Å². The van der Waals surface area contributed by atoms with Gasteiger partial charge in [0.25, 0.3) is 0 Å². The molecule has 1 saturated heterocycles. The Morgan fingerprint density at radius 3 is 2.53 bits per heavy atom. The molecule has 6 nitrogen and oxygen atoms in total. The lowest BCUT2D eigenvalue weighted by Crippen LogP contribution is -2.48. The summed E-state index contributed by atoms with van der Waals surface area (Å²) in [4.78, 5) is 11.2. The number of pyridine rings is 1. The fourth-order valence-electron chi connectivity index (χ4n) is 3.46. The van der Waals surface area contributed by atoms with Crippen LogP contribution in [0.25, 0.3) is 0 Å². The summed E-state index contributed by atoms with van der Waals surface area (Å²) in [5.41, 5.74) is 2.41. The molecule has 2 N–H and O–H groups in total. The molecular weight excluding hydrogens is 398 g/mol. The van der Waals surface area contributed by atoms with Crippen molar-refractivity contribution in [1.82, 2.24) is 20.5 Å². The zero-order chi connectivity index (χ0) is 21.2. The number of nitrogens with one attached hydrogen (secondary N) is 2. The Labute approximate surface area is 184 Å². The van der Waals surface area contributed by atoms with Crippen molar-refractivity contribution in [3.63, 3.8) is 0 Å². The van der Waals surface area contributed by atoms with Gasteiger partial charge >= 0.3 is 0 Å². The van der Waals surface area contributed by atoms with Gasteiger partial charge in [0.2, 0.25) is 5.88 Å². The Kier molecular flexibility index (Phi) is 8.78. The van der Waals surface area contributed by atoms with E-state index in [1.165, 1.54) is 5.56 Å². The van der Waals surface area contributed by atoms with E-state index < -0.39 is 0 Å². The van der Waals surface area contributed by atoms with E-state index in [0.717, 1.165) is 55.4 Å². The van der Waals surface area contributed by atoms with Crippen LogP contribution in [0.4, 0.5) is 0 Å². The normalized spacial score (nSPS) is 15.8. The second-order valence-electron chi connectivity index (χ2n) is 7.60. The van der Waals surface area contributed by atoms with Gasteiger partial charge in [0, 0.05) is 56.6 Å². The molecule has 0 bridgehead atoms. The number of hydrogen-bond acceptors (Lipinski definition) is 4. The molecule has 2 heterocycles. The fourth-order valence-corrected chi connectivity index (χ4v) is 3.59. The molecule has 0 aliphatic carbocycles. The van der Waals surface area contributed by atoms with Gasteiger partial charge in [-0.15, -0.1) is 0 Å². The molecule has 0 saturated carbocycles. The molecule has 162 valence electrons. The lowest BCUT2D eigenvalue weighted by molar-refractivity contribution is 0.198. The molecule has 0 radical (unpaired) electrons. The Balaban J connectivity index is 1.39. The molecule has 3 rings (SSSR count). The highest BCUT2D eigenvalue weighted by molar-refractivity contribution is 6.30. The third-order valence-corrected chi connectivity index (χ3v) is 5.44. The summed E-state index contributed by atoms with van der Waals surface area (Å²) in [6.07, 6.45) is 5.02. The van der Waals surface area contributed by atoms with E-state index in [1.807, 2.05) is 37.5 Å². The molecule has 0 spiro atoms. The highest BCUT2D eigenvalue weighted by Gasteiger charge is 2.20. The van der Waals surface area contributed by atoms with E-state index >= 15 is 0 Å². The van der Waals surface area contributed by atoms with Crippen molar-refractivity contribution in [2.24, 2.45) is 4.99 Å². The standard InChI is InChI=1S/C23H32ClN5O/c1-3-14-30-22-9-6-19(15-26-22)16-27-23(25-2)28-21-10-12-29(13-11-21)17-18-4-7-20(24)8-5-18/h4-9,15,21H,3,10-14,16-17H2,1-2H3,(H2,25,27,28). The smallest absolute Gasteiger partial charge is 0.213 e. The number of halogens is 1. The number of piperidine rings is 1. The number of nitrogens with zero attached hydrogens (tertiary/aromatic N) is 3. The largest absolute Gasteiger partial charge is 0.478 e. The predicted molar refractivity (Wildman–Crippen MR) is 123 cm³/mol. The Morgan fingerprint density at radius 1 is 1.17 bits per heavy atom. The van der Waals surface area contributed by atoms with Gasteiger partial charge in [-0.1, -0.05) is 36.7 Å². The van der Waals surface area contributed by atoms with E-state index in [2.05, 4.69) is 44.6 Å². The van der Waals surface area contributed by atoms with Gasteiger partial charge in [-0.2, -0.15) is 0 Å². The Hall–Kier alpha value is -2.31. The number of benzene rings is 1. The first-order valence-electron chi connectivity index (χ1n) is 10.7. The van der Waals surface area contributed by atoms with Gasteiger partial charge in [0.05, 0.1) is 6.61 Å². The summed E-state index contributed by atoms with van der Waals surface area (Å²) in [6.45, 7) is 6.57. The quantitative estimate of drug-likeness (QED) is 0.493. The van der Waals surface area contributed by atoms with E-state index in [9.17, 15) is 0 Å². The highest BCUT2D eigenvalue weighted by atomic mass is 35.5. The van der Waals surface area contributed by atoms with E-state index in [0.29, 0.717) is 25.1 Å². The molecule has 7 heteroatoms. The summed E-state index contributed by atoms with van der Waals surface area (Å²) >= 11 is 5.98. The lowest BCUT2D eigenvalue weighted by atomic mass is 10.0. The van der Waals surface area contributed by atoms with Gasteiger partial charge in [0.15, 0.2) is 5.96 Å². The van der Waals surface area contributed by atoms with Crippen LogP contribution in [0.2, 0.25) is 5.02 Å². The topological polar surface area (TPSA) is 61.8 Å². The van der Waals surface area contributed by atoms with Crippen LogP contribution in [0.3, 0.4) is 0 Å². The minimum Gasteiger partial charge on any atom is -0.478 e. The SMILES string of the molecule is CCCOc1ccc(CNC(=NC)NC2CCN(Cc3ccc(Cl)cc3)CC2)cn1. The van der Waals surface area contributed by atoms with Gasteiger partial charge in [0.1, 0.15) is 0 Å². The van der Waals surface area contributed by atoms with Crippen LogP contribution in [0, 0.1) is 0 Å². The third-order valence-electron chi connectivity index (χ3n) is 5.18. The number of likely N-dealkylation sites (tertiary alicyclic amines) is 1. The molecule has 1 fully saturated rings. The Bertz CT molecular complexity index is 786. The molecule has 0 unspecified atom stereocenters. The van der Waals surface area contributed by atoms with E-state index in [1.54, 1.807) is 0 Å². The monoisotopic (exact) mass is 429 g/mol. The van der Waals surface area contributed by atoms with Crippen molar-refractivity contribution < 1.29 is 4.74 Å². The molecule has 1 aliphatic heterocycles. The maximum Gasteiger partial charge on any atom is 0.213 e. The maximum absolute atomic E-state index is 5.98. The van der Waals surface area contributed by atoms with Crippen molar-refractivity contribution in [2.45, 2.75) is 45.3 Å². The average Bonchev–Trinajstić information content (AvgIpc) is 2.78. The van der Waals surface area contributed by atoms with Crippen molar-refractivity contribution in [3.8, 4) is 5.88 Å². The van der Waals surface area contributed by atoms with Crippen LogP contribution in [0.15, 0.2) is 47.6 Å². The van der Waals surface area contributed by atoms with Crippen LogP contribution >= 0.6 is 11.6 Å². The Morgan fingerprint density at radius 2 is 1.90 bits per heavy atom. The van der Waals surface area contributed by atoms with Crippen molar-refractivity contribution in [2.75, 3.05) is 26.7 Å². The summed E-state index contributed by atoms with van der Waals surface area (Å²) in [5.74, 6) is 1.51. The summed E-state index contributed by atoms with van der Waals surface area (Å²) in [5, 5.41) is 7.73. The number of aliphatic imine (C=N–C) groups is 1. The summed E-state index contributed by atoms with van der Waals surface area (Å²) < 4.78 is 5.53. The summed E-state index contributed by atoms with van der Waals surface area (Å²) in [7, 11) is 1.81. The molecule has 1 aromatic carbocycles. The highest BCUT2D eigenvalue weighted by Crippen LogP contribution is 2.16. The molecule has 1 aromatic heterocycles. The zero-order valence-corrected chi connectivity index (χ0v) is 18.7. The predicted octanol–water partition coefficient (Wildman–Crippen LogP) is 3.85. The molecule has 30 heavy (non-hydrogen) atoms. The van der Waals surface area contributed by atoms with Crippen LogP contribution in [0.1, 0.15) is 37.3 Å².